The quantitative estimate of drug-likeness (QED) is 0.882. The molecule has 1 atom stereocenters. The number of benzene rings is 2. The highest BCUT2D eigenvalue weighted by Gasteiger charge is 2.06. The molecular formula is C15H15ClFNO. The molecule has 0 aliphatic rings. The SMILES string of the molecule is CCC(N)c1cccc(Oc2ccc(Cl)c(F)c2)c1. The molecule has 0 bridgehead atoms. The van der Waals surface area contributed by atoms with E-state index in [1.54, 1.807) is 12.1 Å². The fourth-order valence-corrected chi connectivity index (χ4v) is 1.84. The molecule has 2 rings (SSSR count). The molecule has 4 heteroatoms. The summed E-state index contributed by atoms with van der Waals surface area (Å²) in [4.78, 5) is 0. The largest absolute Gasteiger partial charge is 0.457 e. The maximum atomic E-state index is 13.3. The molecule has 0 saturated heterocycles. The van der Waals surface area contributed by atoms with Crippen molar-refractivity contribution in [2.45, 2.75) is 19.4 Å². The van der Waals surface area contributed by atoms with Crippen molar-refractivity contribution >= 4 is 11.6 Å². The lowest BCUT2D eigenvalue weighted by Crippen LogP contribution is -2.08. The molecule has 0 radical (unpaired) electrons. The number of hydrogen-bond donors (Lipinski definition) is 1. The van der Waals surface area contributed by atoms with Crippen LogP contribution in [0, 0.1) is 5.82 Å². The van der Waals surface area contributed by atoms with Crippen molar-refractivity contribution in [2.75, 3.05) is 0 Å². The van der Waals surface area contributed by atoms with Crippen molar-refractivity contribution in [1.29, 1.82) is 0 Å². The average Bonchev–Trinajstić information content (AvgIpc) is 2.42. The third kappa shape index (κ3) is 3.46. The van der Waals surface area contributed by atoms with E-state index >= 15 is 0 Å². The van der Waals surface area contributed by atoms with Crippen LogP contribution in [0.3, 0.4) is 0 Å². The Bertz CT molecular complexity index is 574. The number of nitrogens with two attached hydrogens (primary N) is 1. The van der Waals surface area contributed by atoms with E-state index < -0.39 is 5.82 Å². The summed E-state index contributed by atoms with van der Waals surface area (Å²) in [5.41, 5.74) is 6.96. The first kappa shape index (κ1) is 13.8. The molecule has 100 valence electrons. The van der Waals surface area contributed by atoms with Gasteiger partial charge in [-0.2, -0.15) is 0 Å². The highest BCUT2D eigenvalue weighted by Crippen LogP contribution is 2.27. The Hall–Kier alpha value is -1.58. The third-order valence-corrected chi connectivity index (χ3v) is 3.16. The zero-order valence-electron chi connectivity index (χ0n) is 10.6. The second kappa shape index (κ2) is 6.04. The van der Waals surface area contributed by atoms with E-state index in [0.717, 1.165) is 12.0 Å². The minimum atomic E-state index is -0.499. The third-order valence-electron chi connectivity index (χ3n) is 2.85. The van der Waals surface area contributed by atoms with E-state index in [9.17, 15) is 4.39 Å². The zero-order chi connectivity index (χ0) is 13.8. The number of halogens is 2. The van der Waals surface area contributed by atoms with Gasteiger partial charge in [-0.15, -0.1) is 0 Å². The molecule has 0 heterocycles. The van der Waals surface area contributed by atoms with E-state index in [2.05, 4.69) is 0 Å². The Morgan fingerprint density at radius 3 is 2.63 bits per heavy atom. The van der Waals surface area contributed by atoms with Gasteiger partial charge in [-0.25, -0.2) is 4.39 Å². The Morgan fingerprint density at radius 1 is 1.21 bits per heavy atom. The molecule has 0 saturated carbocycles. The summed E-state index contributed by atoms with van der Waals surface area (Å²) in [6, 6.07) is 11.8. The second-order valence-corrected chi connectivity index (χ2v) is 4.67. The van der Waals surface area contributed by atoms with Crippen molar-refractivity contribution in [3.05, 3.63) is 58.9 Å². The predicted molar refractivity (Wildman–Crippen MR) is 75.1 cm³/mol. The van der Waals surface area contributed by atoms with Crippen LogP contribution in [-0.2, 0) is 0 Å². The fourth-order valence-electron chi connectivity index (χ4n) is 1.72. The molecule has 19 heavy (non-hydrogen) atoms. The maximum Gasteiger partial charge on any atom is 0.145 e. The van der Waals surface area contributed by atoms with E-state index in [1.807, 2.05) is 25.1 Å². The minimum Gasteiger partial charge on any atom is -0.457 e. The van der Waals surface area contributed by atoms with Gasteiger partial charge in [0.2, 0.25) is 0 Å². The summed E-state index contributed by atoms with van der Waals surface area (Å²) in [5.74, 6) is 0.535. The van der Waals surface area contributed by atoms with Crippen LogP contribution in [0.4, 0.5) is 4.39 Å². The molecule has 0 amide bonds. The zero-order valence-corrected chi connectivity index (χ0v) is 11.3. The first-order valence-corrected chi connectivity index (χ1v) is 6.46. The standard InChI is InChI=1S/C15H15ClFNO/c1-2-15(18)10-4-3-5-11(8-10)19-12-6-7-13(16)14(17)9-12/h3-9,15H,2,18H2,1H3. The molecule has 2 aromatic carbocycles. The van der Waals surface area contributed by atoms with Crippen LogP contribution in [0.1, 0.15) is 24.9 Å². The smallest absolute Gasteiger partial charge is 0.145 e. The summed E-state index contributed by atoms with van der Waals surface area (Å²) in [6.45, 7) is 2.02. The Labute approximate surface area is 117 Å². The van der Waals surface area contributed by atoms with Crippen molar-refractivity contribution in [2.24, 2.45) is 5.73 Å². The molecule has 0 aromatic heterocycles. The highest BCUT2D eigenvalue weighted by atomic mass is 35.5. The van der Waals surface area contributed by atoms with E-state index in [1.165, 1.54) is 12.1 Å². The van der Waals surface area contributed by atoms with Gasteiger partial charge in [0.25, 0.3) is 0 Å². The molecule has 0 spiro atoms. The van der Waals surface area contributed by atoms with Gasteiger partial charge in [0.1, 0.15) is 17.3 Å². The minimum absolute atomic E-state index is 0.0227. The van der Waals surface area contributed by atoms with Gasteiger partial charge in [0.15, 0.2) is 0 Å². The van der Waals surface area contributed by atoms with Crippen molar-refractivity contribution < 1.29 is 9.13 Å². The number of rotatable bonds is 4. The first-order chi connectivity index (χ1) is 9.10. The molecule has 0 fully saturated rings. The number of ether oxygens (including phenoxy) is 1. The van der Waals surface area contributed by atoms with Crippen LogP contribution < -0.4 is 10.5 Å². The summed E-state index contributed by atoms with van der Waals surface area (Å²) in [5, 5.41) is 0.0779. The molecule has 2 aromatic rings. The monoisotopic (exact) mass is 279 g/mol. The Balaban J connectivity index is 2.20. The van der Waals surface area contributed by atoms with Crippen LogP contribution >= 0.6 is 11.6 Å². The topological polar surface area (TPSA) is 35.2 Å². The molecule has 0 aliphatic heterocycles. The summed E-state index contributed by atoms with van der Waals surface area (Å²) >= 11 is 5.62. The van der Waals surface area contributed by atoms with Crippen LogP contribution in [0.2, 0.25) is 5.02 Å². The van der Waals surface area contributed by atoms with E-state index in [4.69, 9.17) is 22.1 Å². The normalized spacial score (nSPS) is 12.2. The van der Waals surface area contributed by atoms with Crippen molar-refractivity contribution in [3.8, 4) is 11.5 Å². The lowest BCUT2D eigenvalue weighted by molar-refractivity contribution is 0.475. The van der Waals surface area contributed by atoms with Crippen LogP contribution in [0.5, 0.6) is 11.5 Å². The van der Waals surface area contributed by atoms with Crippen molar-refractivity contribution in [3.63, 3.8) is 0 Å². The van der Waals surface area contributed by atoms with Gasteiger partial charge in [-0.05, 0) is 36.2 Å². The van der Waals surface area contributed by atoms with Gasteiger partial charge in [-0.3, -0.25) is 0 Å². The summed E-state index contributed by atoms with van der Waals surface area (Å²) in [6.07, 6.45) is 0.846. The van der Waals surface area contributed by atoms with Crippen LogP contribution in [0.25, 0.3) is 0 Å². The molecule has 2 N–H and O–H groups in total. The summed E-state index contributed by atoms with van der Waals surface area (Å²) in [7, 11) is 0. The Kier molecular flexibility index (Phi) is 4.40. The van der Waals surface area contributed by atoms with Gasteiger partial charge in [0, 0.05) is 12.1 Å². The lowest BCUT2D eigenvalue weighted by Gasteiger charge is -2.11. The van der Waals surface area contributed by atoms with E-state index in [-0.39, 0.29) is 11.1 Å². The number of hydrogen-bond acceptors (Lipinski definition) is 2. The molecule has 2 nitrogen and oxygen atoms in total. The maximum absolute atomic E-state index is 13.3. The predicted octanol–water partition coefficient (Wildman–Crippen LogP) is 4.68. The van der Waals surface area contributed by atoms with Crippen LogP contribution in [-0.4, -0.2) is 0 Å². The fraction of sp³-hybridized carbons (Fsp3) is 0.200. The lowest BCUT2D eigenvalue weighted by atomic mass is 10.1. The molecule has 0 aliphatic carbocycles. The van der Waals surface area contributed by atoms with Gasteiger partial charge >= 0.3 is 0 Å². The average molecular weight is 280 g/mol. The van der Waals surface area contributed by atoms with Gasteiger partial charge in [-0.1, -0.05) is 30.7 Å². The van der Waals surface area contributed by atoms with Crippen LogP contribution in [0.15, 0.2) is 42.5 Å². The van der Waals surface area contributed by atoms with E-state index in [0.29, 0.717) is 11.5 Å². The molecular weight excluding hydrogens is 265 g/mol. The van der Waals surface area contributed by atoms with Gasteiger partial charge in [0.05, 0.1) is 5.02 Å². The highest BCUT2D eigenvalue weighted by molar-refractivity contribution is 6.30. The summed E-state index contributed by atoms with van der Waals surface area (Å²) < 4.78 is 18.9. The van der Waals surface area contributed by atoms with Gasteiger partial charge < -0.3 is 10.5 Å². The molecule has 1 unspecified atom stereocenters. The van der Waals surface area contributed by atoms with Crippen molar-refractivity contribution in [1.82, 2.24) is 0 Å². The second-order valence-electron chi connectivity index (χ2n) is 4.27. The first-order valence-electron chi connectivity index (χ1n) is 6.08. The Morgan fingerprint density at radius 2 is 1.95 bits per heavy atom.